The third-order valence-corrected chi connectivity index (χ3v) is 5.64. The highest BCUT2D eigenvalue weighted by atomic mass is 32.2. The van der Waals surface area contributed by atoms with Gasteiger partial charge in [-0.1, -0.05) is 19.1 Å². The molecular formula is C14H18N4O2S2. The number of anilines is 1. The predicted octanol–water partition coefficient (Wildman–Crippen LogP) is 2.33. The van der Waals surface area contributed by atoms with Gasteiger partial charge in [0.2, 0.25) is 15.2 Å². The minimum absolute atomic E-state index is 0.282. The van der Waals surface area contributed by atoms with Crippen molar-refractivity contribution in [3.05, 3.63) is 35.7 Å². The first-order valence-electron chi connectivity index (χ1n) is 7.24. The number of nitrogens with zero attached hydrogens (tertiary/aromatic N) is 2. The van der Waals surface area contributed by atoms with Gasteiger partial charge in [0.25, 0.3) is 0 Å². The van der Waals surface area contributed by atoms with Crippen LogP contribution in [0.5, 0.6) is 0 Å². The highest BCUT2D eigenvalue weighted by Gasteiger charge is 2.27. The molecule has 1 heterocycles. The molecule has 1 aliphatic carbocycles. The van der Waals surface area contributed by atoms with Crippen LogP contribution in [0.3, 0.4) is 0 Å². The Morgan fingerprint density at radius 1 is 1.27 bits per heavy atom. The molecule has 2 aromatic rings. The number of benzene rings is 1. The molecule has 1 saturated carbocycles. The molecule has 1 aromatic carbocycles. The molecule has 0 atom stereocenters. The minimum atomic E-state index is -3.38. The van der Waals surface area contributed by atoms with Gasteiger partial charge in [0.1, 0.15) is 5.82 Å². The molecule has 22 heavy (non-hydrogen) atoms. The summed E-state index contributed by atoms with van der Waals surface area (Å²) in [6.07, 6.45) is 2.38. The molecule has 1 aliphatic rings. The average molecular weight is 338 g/mol. The number of nitrogens with one attached hydrogen (secondary N) is 2. The van der Waals surface area contributed by atoms with Crippen LogP contribution in [-0.4, -0.2) is 24.3 Å². The van der Waals surface area contributed by atoms with Gasteiger partial charge in [0, 0.05) is 30.5 Å². The van der Waals surface area contributed by atoms with Crippen molar-refractivity contribution in [3.8, 4) is 0 Å². The maximum atomic E-state index is 11.9. The van der Waals surface area contributed by atoms with E-state index in [1.165, 1.54) is 24.4 Å². The van der Waals surface area contributed by atoms with Crippen LogP contribution in [0.1, 0.15) is 37.1 Å². The number of hydrogen-bond donors (Lipinski definition) is 2. The minimum Gasteiger partial charge on any atom is -0.356 e. The Morgan fingerprint density at radius 2 is 2.00 bits per heavy atom. The van der Waals surface area contributed by atoms with Crippen LogP contribution in [0.4, 0.5) is 5.13 Å². The monoisotopic (exact) mass is 338 g/mol. The van der Waals surface area contributed by atoms with Crippen molar-refractivity contribution in [1.29, 1.82) is 0 Å². The second kappa shape index (κ2) is 6.31. The Hall–Kier alpha value is -1.51. The van der Waals surface area contributed by atoms with Gasteiger partial charge in [-0.2, -0.15) is 4.37 Å². The highest BCUT2D eigenvalue weighted by molar-refractivity contribution is 7.89. The summed E-state index contributed by atoms with van der Waals surface area (Å²) in [5, 5.41) is 4.04. The van der Waals surface area contributed by atoms with Gasteiger partial charge in [0.15, 0.2) is 0 Å². The highest BCUT2D eigenvalue weighted by Crippen LogP contribution is 2.39. The summed E-state index contributed by atoms with van der Waals surface area (Å²) in [7, 11) is -3.38. The van der Waals surface area contributed by atoms with E-state index in [4.69, 9.17) is 0 Å². The molecule has 118 valence electrons. The molecule has 8 heteroatoms. The first kappa shape index (κ1) is 15.4. The maximum Gasteiger partial charge on any atom is 0.240 e. The first-order chi connectivity index (χ1) is 10.6. The third-order valence-electron chi connectivity index (χ3n) is 3.40. The van der Waals surface area contributed by atoms with E-state index in [0.717, 1.165) is 16.5 Å². The number of sulfonamides is 1. The third kappa shape index (κ3) is 3.63. The lowest BCUT2D eigenvalue weighted by Gasteiger charge is -2.06. The topological polar surface area (TPSA) is 84.0 Å². The Kier molecular flexibility index (Phi) is 4.42. The van der Waals surface area contributed by atoms with Crippen molar-refractivity contribution < 1.29 is 8.42 Å². The Labute approximate surface area is 134 Å². The van der Waals surface area contributed by atoms with E-state index < -0.39 is 10.0 Å². The summed E-state index contributed by atoms with van der Waals surface area (Å²) in [6, 6.07) is 6.84. The van der Waals surface area contributed by atoms with Gasteiger partial charge in [0.05, 0.1) is 4.90 Å². The quantitative estimate of drug-likeness (QED) is 0.809. The zero-order chi connectivity index (χ0) is 15.6. The molecule has 0 aliphatic heterocycles. The summed E-state index contributed by atoms with van der Waals surface area (Å²) in [4.78, 5) is 4.74. The van der Waals surface area contributed by atoms with Crippen LogP contribution in [0, 0.1) is 0 Å². The van der Waals surface area contributed by atoms with Gasteiger partial charge >= 0.3 is 0 Å². The first-order valence-corrected chi connectivity index (χ1v) is 9.50. The van der Waals surface area contributed by atoms with E-state index >= 15 is 0 Å². The molecule has 3 rings (SSSR count). The van der Waals surface area contributed by atoms with Crippen molar-refractivity contribution in [1.82, 2.24) is 14.1 Å². The molecule has 1 aromatic heterocycles. The number of rotatable bonds is 7. The van der Waals surface area contributed by atoms with Gasteiger partial charge in [-0.25, -0.2) is 18.1 Å². The van der Waals surface area contributed by atoms with Gasteiger partial charge in [-0.3, -0.25) is 0 Å². The molecule has 0 radical (unpaired) electrons. The molecule has 1 fully saturated rings. The summed E-state index contributed by atoms with van der Waals surface area (Å²) in [5.41, 5.74) is 0.999. The van der Waals surface area contributed by atoms with Crippen LogP contribution in [0.25, 0.3) is 0 Å². The van der Waals surface area contributed by atoms with E-state index in [-0.39, 0.29) is 4.90 Å². The molecule has 6 nitrogen and oxygen atoms in total. The molecule has 0 spiro atoms. The van der Waals surface area contributed by atoms with Crippen molar-refractivity contribution in [3.63, 3.8) is 0 Å². The van der Waals surface area contributed by atoms with E-state index in [9.17, 15) is 8.42 Å². The fraction of sp³-hybridized carbons (Fsp3) is 0.429. The van der Waals surface area contributed by atoms with Crippen LogP contribution >= 0.6 is 11.5 Å². The summed E-state index contributed by atoms with van der Waals surface area (Å²) in [6.45, 7) is 2.74. The smallest absolute Gasteiger partial charge is 0.240 e. The molecular weight excluding hydrogens is 320 g/mol. The zero-order valence-corrected chi connectivity index (χ0v) is 13.9. The average Bonchev–Trinajstić information content (AvgIpc) is 3.25. The van der Waals surface area contributed by atoms with Crippen LogP contribution < -0.4 is 10.0 Å². The second-order valence-electron chi connectivity index (χ2n) is 5.23. The SMILES string of the molecule is CCNS(=O)(=O)c1ccc(CNc2nc(C3CC3)ns2)cc1. The standard InChI is InChI=1S/C14H18N4O2S2/c1-2-16-22(19,20)12-7-3-10(4-8-12)9-15-14-17-13(18-21-14)11-5-6-11/h3-4,7-8,11,16H,2,5-6,9H2,1H3,(H,15,17,18). The van der Waals surface area contributed by atoms with Crippen molar-refractivity contribution in [2.24, 2.45) is 0 Å². The molecule has 0 unspecified atom stereocenters. The fourth-order valence-corrected chi connectivity index (χ4v) is 3.73. The lowest BCUT2D eigenvalue weighted by atomic mass is 10.2. The van der Waals surface area contributed by atoms with Crippen LogP contribution in [-0.2, 0) is 16.6 Å². The molecule has 0 amide bonds. The van der Waals surface area contributed by atoms with Gasteiger partial charge in [-0.15, -0.1) is 0 Å². The Bertz CT molecular complexity index is 736. The fourth-order valence-electron chi connectivity index (χ4n) is 2.05. The molecule has 0 saturated heterocycles. The number of aromatic nitrogens is 2. The number of hydrogen-bond acceptors (Lipinski definition) is 6. The Balaban J connectivity index is 1.60. The second-order valence-corrected chi connectivity index (χ2v) is 7.75. The maximum absolute atomic E-state index is 11.9. The molecule has 2 N–H and O–H groups in total. The van der Waals surface area contributed by atoms with Crippen molar-refractivity contribution in [2.75, 3.05) is 11.9 Å². The lowest BCUT2D eigenvalue weighted by Crippen LogP contribution is -2.23. The normalized spacial score (nSPS) is 15.0. The largest absolute Gasteiger partial charge is 0.356 e. The summed E-state index contributed by atoms with van der Waals surface area (Å²) >= 11 is 1.37. The predicted molar refractivity (Wildman–Crippen MR) is 86.5 cm³/mol. The molecule has 0 bridgehead atoms. The van der Waals surface area contributed by atoms with Gasteiger partial charge in [-0.05, 0) is 30.5 Å². The van der Waals surface area contributed by atoms with Crippen molar-refractivity contribution in [2.45, 2.75) is 37.1 Å². The van der Waals surface area contributed by atoms with Crippen molar-refractivity contribution >= 4 is 26.7 Å². The lowest BCUT2D eigenvalue weighted by molar-refractivity contribution is 0.584. The van der Waals surface area contributed by atoms with E-state index in [0.29, 0.717) is 19.0 Å². The van der Waals surface area contributed by atoms with E-state index in [1.54, 1.807) is 31.2 Å². The van der Waals surface area contributed by atoms with Crippen LogP contribution in [0.15, 0.2) is 29.2 Å². The summed E-state index contributed by atoms with van der Waals surface area (Å²) < 4.78 is 30.5. The van der Waals surface area contributed by atoms with Gasteiger partial charge < -0.3 is 5.32 Å². The zero-order valence-electron chi connectivity index (χ0n) is 12.2. The van der Waals surface area contributed by atoms with Crippen LogP contribution in [0.2, 0.25) is 0 Å². The Morgan fingerprint density at radius 3 is 2.64 bits per heavy atom. The van der Waals surface area contributed by atoms with E-state index in [2.05, 4.69) is 19.4 Å². The van der Waals surface area contributed by atoms with E-state index in [1.807, 2.05) is 0 Å². The summed E-state index contributed by atoms with van der Waals surface area (Å²) in [5.74, 6) is 1.50.